The number of carbonyl (C=O) groups excluding carboxylic acids is 1. The number of carbonyl (C=O) groups is 1. The van der Waals surface area contributed by atoms with Gasteiger partial charge >= 0.3 is 16.4 Å². The second-order valence-electron chi connectivity index (χ2n) is 15.6. The van der Waals surface area contributed by atoms with Gasteiger partial charge in [0.15, 0.2) is 6.29 Å². The first-order chi connectivity index (χ1) is 27.1. The Labute approximate surface area is 340 Å². The molecule has 56 heavy (non-hydrogen) atoms. The van der Waals surface area contributed by atoms with Gasteiger partial charge in [-0.15, -0.1) is 0 Å². The topological polar surface area (TPSA) is 178 Å². The standard InChI is InChI=1S/C43H82O12S/c1-3-5-7-9-11-13-15-17-19-20-22-24-26-28-30-32-39(45)53-37(35-51-33-31-29-27-25-23-21-18-16-14-12-10-8-6-4-2)36-52-43-41(47)42(55-56(48,49)50)40(46)38(34-44)54-43/h17,19,37-38,40-44,46-47H,3-16,18,20-36H2,1-2H3,(H,48,49,50)/b19-17-. The number of hydrogen-bond acceptors (Lipinski definition) is 11. The van der Waals surface area contributed by atoms with Gasteiger partial charge in [-0.25, -0.2) is 4.18 Å². The molecule has 0 aromatic heterocycles. The Morgan fingerprint density at radius 2 is 1.12 bits per heavy atom. The summed E-state index contributed by atoms with van der Waals surface area (Å²) in [6, 6.07) is 0. The van der Waals surface area contributed by atoms with Crippen LogP contribution in [0.3, 0.4) is 0 Å². The van der Waals surface area contributed by atoms with Gasteiger partial charge < -0.3 is 34.3 Å². The summed E-state index contributed by atoms with van der Waals surface area (Å²) in [5.74, 6) is -0.405. The Morgan fingerprint density at radius 3 is 1.61 bits per heavy atom. The Morgan fingerprint density at radius 1 is 0.661 bits per heavy atom. The molecule has 332 valence electrons. The van der Waals surface area contributed by atoms with Crippen LogP contribution in [0.1, 0.15) is 194 Å². The summed E-state index contributed by atoms with van der Waals surface area (Å²) < 4.78 is 59.0. The van der Waals surface area contributed by atoms with E-state index >= 15 is 0 Å². The lowest BCUT2D eigenvalue weighted by molar-refractivity contribution is -0.301. The van der Waals surface area contributed by atoms with Gasteiger partial charge in [0.2, 0.25) is 0 Å². The normalized spacial score (nSPS) is 20.9. The first-order valence-electron chi connectivity index (χ1n) is 22.4. The Hall–Kier alpha value is -1.16. The zero-order valence-corrected chi connectivity index (χ0v) is 36.0. The smallest absolute Gasteiger partial charge is 0.397 e. The molecule has 13 heteroatoms. The van der Waals surface area contributed by atoms with E-state index in [4.69, 9.17) is 23.5 Å². The fourth-order valence-electron chi connectivity index (χ4n) is 6.96. The SMILES string of the molecule is CCCCCCCC/C=C\CCCCCCCC(=O)OC(COCCCCCCCCCCCCCCCC)COC1OC(CO)C(O)C(OS(=O)(=O)O)C1O. The predicted molar refractivity (Wildman–Crippen MR) is 221 cm³/mol. The van der Waals surface area contributed by atoms with Gasteiger partial charge in [-0.1, -0.05) is 161 Å². The number of unbranched alkanes of at least 4 members (excludes halogenated alkanes) is 24. The molecule has 6 unspecified atom stereocenters. The van der Waals surface area contributed by atoms with E-state index in [1.165, 1.54) is 109 Å². The lowest BCUT2D eigenvalue weighted by Crippen LogP contribution is -2.60. The van der Waals surface area contributed by atoms with Gasteiger partial charge in [0.05, 0.1) is 19.8 Å². The molecule has 0 spiro atoms. The van der Waals surface area contributed by atoms with Crippen molar-refractivity contribution in [1.29, 1.82) is 0 Å². The van der Waals surface area contributed by atoms with Gasteiger partial charge in [0, 0.05) is 13.0 Å². The van der Waals surface area contributed by atoms with Crippen LogP contribution in [0.15, 0.2) is 12.2 Å². The molecule has 0 aliphatic carbocycles. The summed E-state index contributed by atoms with van der Waals surface area (Å²) in [5.41, 5.74) is 0. The van der Waals surface area contributed by atoms with Crippen molar-refractivity contribution in [2.45, 2.75) is 230 Å². The fourth-order valence-corrected chi connectivity index (χ4v) is 7.47. The third-order valence-corrected chi connectivity index (χ3v) is 10.9. The van der Waals surface area contributed by atoms with E-state index in [-0.39, 0.29) is 19.6 Å². The lowest BCUT2D eigenvalue weighted by Gasteiger charge is -2.41. The molecule has 12 nitrogen and oxygen atoms in total. The van der Waals surface area contributed by atoms with Crippen molar-refractivity contribution in [2.75, 3.05) is 26.4 Å². The number of allylic oxidation sites excluding steroid dienone is 2. The van der Waals surface area contributed by atoms with E-state index in [1.54, 1.807) is 0 Å². The van der Waals surface area contributed by atoms with E-state index in [1.807, 2.05) is 0 Å². The first-order valence-corrected chi connectivity index (χ1v) is 23.8. The molecule has 0 saturated carbocycles. The number of rotatable bonds is 39. The van der Waals surface area contributed by atoms with Crippen LogP contribution in [0.2, 0.25) is 0 Å². The second kappa shape index (κ2) is 35.8. The Balaban J connectivity index is 2.44. The number of esters is 1. The van der Waals surface area contributed by atoms with E-state index in [9.17, 15) is 28.5 Å². The van der Waals surface area contributed by atoms with Gasteiger partial charge in [-0.2, -0.15) is 8.42 Å². The van der Waals surface area contributed by atoms with Crippen LogP contribution in [0, 0.1) is 0 Å². The molecular formula is C43H82O12S. The highest BCUT2D eigenvalue weighted by atomic mass is 32.3. The van der Waals surface area contributed by atoms with Crippen molar-refractivity contribution < 1.29 is 56.2 Å². The van der Waals surface area contributed by atoms with Crippen LogP contribution >= 0.6 is 0 Å². The molecule has 0 amide bonds. The molecule has 1 heterocycles. The maximum absolute atomic E-state index is 12.8. The second-order valence-corrected chi connectivity index (χ2v) is 16.7. The summed E-state index contributed by atoms with van der Waals surface area (Å²) in [6.07, 6.45) is 28.1. The number of ether oxygens (including phenoxy) is 4. The highest BCUT2D eigenvalue weighted by Gasteiger charge is 2.48. The van der Waals surface area contributed by atoms with Gasteiger partial charge in [-0.05, 0) is 38.5 Å². The molecule has 1 aliphatic heterocycles. The van der Waals surface area contributed by atoms with Gasteiger partial charge in [-0.3, -0.25) is 9.35 Å². The zero-order valence-electron chi connectivity index (χ0n) is 35.2. The molecule has 1 aliphatic rings. The summed E-state index contributed by atoms with van der Waals surface area (Å²) in [6.45, 7) is 3.99. The van der Waals surface area contributed by atoms with Crippen LogP contribution in [0.4, 0.5) is 0 Å². The number of aliphatic hydroxyl groups is 3. The summed E-state index contributed by atoms with van der Waals surface area (Å²) in [5, 5.41) is 30.6. The van der Waals surface area contributed by atoms with Gasteiger partial charge in [0.1, 0.15) is 30.5 Å². The molecule has 4 N–H and O–H groups in total. The quantitative estimate of drug-likeness (QED) is 0.0200. The molecule has 1 rings (SSSR count). The van der Waals surface area contributed by atoms with Crippen molar-refractivity contribution in [1.82, 2.24) is 0 Å². The molecule has 0 aromatic rings. The maximum atomic E-state index is 12.8. The summed E-state index contributed by atoms with van der Waals surface area (Å²) in [7, 11) is -5.06. The Kier molecular flexibility index (Phi) is 33.7. The molecule has 0 aromatic carbocycles. The molecule has 0 bridgehead atoms. The third kappa shape index (κ3) is 29.1. The van der Waals surface area contributed by atoms with Gasteiger partial charge in [0.25, 0.3) is 0 Å². The van der Waals surface area contributed by atoms with E-state index in [2.05, 4.69) is 30.2 Å². The number of aliphatic hydroxyl groups excluding tert-OH is 3. The minimum atomic E-state index is -5.06. The molecule has 1 saturated heterocycles. The van der Waals surface area contributed by atoms with Crippen LogP contribution < -0.4 is 0 Å². The van der Waals surface area contributed by atoms with E-state index in [0.29, 0.717) is 13.0 Å². The molecular weight excluding hydrogens is 741 g/mol. The van der Waals surface area contributed by atoms with Crippen molar-refractivity contribution >= 4 is 16.4 Å². The average molecular weight is 823 g/mol. The van der Waals surface area contributed by atoms with Crippen LogP contribution in [0.25, 0.3) is 0 Å². The van der Waals surface area contributed by atoms with Crippen LogP contribution in [-0.2, 0) is 38.3 Å². The third-order valence-electron chi connectivity index (χ3n) is 10.4. The summed E-state index contributed by atoms with van der Waals surface area (Å²) in [4.78, 5) is 12.8. The first kappa shape index (κ1) is 52.9. The summed E-state index contributed by atoms with van der Waals surface area (Å²) >= 11 is 0. The maximum Gasteiger partial charge on any atom is 0.397 e. The molecule has 0 radical (unpaired) electrons. The minimum absolute atomic E-state index is 0.0381. The van der Waals surface area contributed by atoms with E-state index < -0.39 is 59.8 Å². The van der Waals surface area contributed by atoms with Crippen molar-refractivity contribution in [3.8, 4) is 0 Å². The Bertz CT molecular complexity index is 1040. The van der Waals surface area contributed by atoms with Crippen molar-refractivity contribution in [3.63, 3.8) is 0 Å². The monoisotopic (exact) mass is 823 g/mol. The lowest BCUT2D eigenvalue weighted by atomic mass is 9.99. The molecule has 6 atom stereocenters. The highest BCUT2D eigenvalue weighted by Crippen LogP contribution is 2.26. The van der Waals surface area contributed by atoms with Crippen molar-refractivity contribution in [2.24, 2.45) is 0 Å². The fraction of sp³-hybridized carbons (Fsp3) is 0.930. The van der Waals surface area contributed by atoms with E-state index in [0.717, 1.165) is 57.8 Å². The largest absolute Gasteiger partial charge is 0.457 e. The van der Waals surface area contributed by atoms with Crippen molar-refractivity contribution in [3.05, 3.63) is 12.2 Å². The minimum Gasteiger partial charge on any atom is -0.457 e. The highest BCUT2D eigenvalue weighted by molar-refractivity contribution is 7.80. The average Bonchev–Trinajstić information content (AvgIpc) is 3.17. The molecule has 1 fully saturated rings. The predicted octanol–water partition coefficient (Wildman–Crippen LogP) is 9.08. The zero-order chi connectivity index (χ0) is 41.1. The number of hydrogen-bond donors (Lipinski definition) is 4. The van der Waals surface area contributed by atoms with Crippen LogP contribution in [-0.4, -0.2) is 97.5 Å². The van der Waals surface area contributed by atoms with Crippen LogP contribution in [0.5, 0.6) is 0 Å².